The fourth-order valence-corrected chi connectivity index (χ4v) is 1.14. The first-order valence-electron chi connectivity index (χ1n) is 5.52. The van der Waals surface area contributed by atoms with Gasteiger partial charge in [-0.3, -0.25) is 5.32 Å². The summed E-state index contributed by atoms with van der Waals surface area (Å²) in [5.41, 5.74) is 0.819. The maximum Gasteiger partial charge on any atom is 0.413 e. The fraction of sp³-hybridized carbons (Fsp3) is 0.333. The molecule has 0 aliphatic heterocycles. The minimum absolute atomic E-state index is 0.222. The van der Waals surface area contributed by atoms with E-state index in [1.54, 1.807) is 6.92 Å². The quantitative estimate of drug-likeness (QED) is 0.796. The molecule has 1 aromatic rings. The van der Waals surface area contributed by atoms with E-state index in [4.69, 9.17) is 12.2 Å². The van der Waals surface area contributed by atoms with Gasteiger partial charge < -0.3 is 10.1 Å². The molecule has 94 valence electrons. The van der Waals surface area contributed by atoms with Crippen molar-refractivity contribution in [2.75, 3.05) is 11.9 Å². The number of carbonyl (C=O) groups is 1. The van der Waals surface area contributed by atoms with Crippen molar-refractivity contribution in [1.29, 1.82) is 0 Å². The Labute approximate surface area is 107 Å². The molecule has 2 N–H and O–H groups in total. The van der Waals surface area contributed by atoms with Crippen LogP contribution in [0.1, 0.15) is 20.8 Å². The van der Waals surface area contributed by atoms with Crippen molar-refractivity contribution in [1.82, 2.24) is 5.32 Å². The van der Waals surface area contributed by atoms with Gasteiger partial charge in [0.25, 0.3) is 0 Å². The summed E-state index contributed by atoms with van der Waals surface area (Å²) in [6, 6.07) is 9.33. The molecule has 5 heteroatoms. The zero-order valence-corrected chi connectivity index (χ0v) is 11.1. The Kier molecular flexibility index (Phi) is 8.68. The molecule has 0 saturated carbocycles. The Balaban J connectivity index is 0.00000121. The lowest BCUT2D eigenvalue weighted by atomic mass is 10.3. The first-order valence-corrected chi connectivity index (χ1v) is 5.93. The van der Waals surface area contributed by atoms with Gasteiger partial charge in [-0.2, -0.15) is 0 Å². The first-order chi connectivity index (χ1) is 8.22. The van der Waals surface area contributed by atoms with Crippen molar-refractivity contribution >= 4 is 29.1 Å². The third kappa shape index (κ3) is 7.30. The van der Waals surface area contributed by atoms with Crippen molar-refractivity contribution in [2.24, 2.45) is 0 Å². The summed E-state index contributed by atoms with van der Waals surface area (Å²) >= 11 is 4.90. The molecule has 0 bridgehead atoms. The van der Waals surface area contributed by atoms with Gasteiger partial charge in [0.05, 0.1) is 6.61 Å². The van der Waals surface area contributed by atoms with E-state index in [1.165, 1.54) is 0 Å². The highest BCUT2D eigenvalue weighted by Gasteiger charge is 2.03. The molecule has 4 nitrogen and oxygen atoms in total. The second kappa shape index (κ2) is 9.59. The molecule has 0 saturated heterocycles. The lowest BCUT2D eigenvalue weighted by Gasteiger charge is -2.08. The maximum absolute atomic E-state index is 11.0. The van der Waals surface area contributed by atoms with Crippen molar-refractivity contribution < 1.29 is 9.53 Å². The number of amides is 1. The Morgan fingerprint density at radius 1 is 1.29 bits per heavy atom. The molecular formula is C12H18N2O2S. The van der Waals surface area contributed by atoms with E-state index in [-0.39, 0.29) is 5.11 Å². The molecule has 1 aromatic carbocycles. The third-order valence-electron chi connectivity index (χ3n) is 1.52. The van der Waals surface area contributed by atoms with Crippen LogP contribution in [0.15, 0.2) is 30.3 Å². The number of anilines is 1. The monoisotopic (exact) mass is 254 g/mol. The average molecular weight is 254 g/mol. The number of benzene rings is 1. The van der Waals surface area contributed by atoms with Gasteiger partial charge in [0.2, 0.25) is 0 Å². The molecule has 0 atom stereocenters. The van der Waals surface area contributed by atoms with Crippen LogP contribution in [-0.2, 0) is 4.74 Å². The van der Waals surface area contributed by atoms with E-state index in [1.807, 2.05) is 44.2 Å². The number of hydrogen-bond acceptors (Lipinski definition) is 3. The highest BCUT2D eigenvalue weighted by Crippen LogP contribution is 2.04. The summed E-state index contributed by atoms with van der Waals surface area (Å²) in [7, 11) is 0. The number of ether oxygens (including phenoxy) is 1. The van der Waals surface area contributed by atoms with Crippen LogP contribution < -0.4 is 10.6 Å². The number of carbonyl (C=O) groups excluding carboxylic acids is 1. The summed E-state index contributed by atoms with van der Waals surface area (Å²) in [5, 5.41) is 5.46. The van der Waals surface area contributed by atoms with Crippen LogP contribution in [0.3, 0.4) is 0 Å². The molecular weight excluding hydrogens is 236 g/mol. The predicted octanol–water partition coefficient (Wildman–Crippen LogP) is 3.16. The van der Waals surface area contributed by atoms with E-state index < -0.39 is 6.09 Å². The molecule has 0 aromatic heterocycles. The number of thiocarbonyl (C=S) groups is 1. The summed E-state index contributed by atoms with van der Waals surface area (Å²) in [6.45, 7) is 6.05. The summed E-state index contributed by atoms with van der Waals surface area (Å²) in [5.74, 6) is 0. The van der Waals surface area contributed by atoms with E-state index in [2.05, 4.69) is 15.4 Å². The largest absolute Gasteiger partial charge is 0.450 e. The van der Waals surface area contributed by atoms with Crippen LogP contribution in [0.5, 0.6) is 0 Å². The van der Waals surface area contributed by atoms with Crippen LogP contribution in [0.25, 0.3) is 0 Å². The summed E-state index contributed by atoms with van der Waals surface area (Å²) in [4.78, 5) is 11.0. The summed E-state index contributed by atoms with van der Waals surface area (Å²) < 4.78 is 4.67. The van der Waals surface area contributed by atoms with Crippen molar-refractivity contribution in [3.8, 4) is 0 Å². The lowest BCUT2D eigenvalue weighted by Crippen LogP contribution is -2.34. The van der Waals surface area contributed by atoms with E-state index >= 15 is 0 Å². The van der Waals surface area contributed by atoms with Crippen LogP contribution >= 0.6 is 12.2 Å². The van der Waals surface area contributed by atoms with Gasteiger partial charge >= 0.3 is 6.09 Å². The molecule has 1 rings (SSSR count). The Morgan fingerprint density at radius 2 is 1.88 bits per heavy atom. The highest BCUT2D eigenvalue weighted by molar-refractivity contribution is 7.80. The molecule has 0 unspecified atom stereocenters. The van der Waals surface area contributed by atoms with Crippen molar-refractivity contribution in [3.05, 3.63) is 30.3 Å². The van der Waals surface area contributed by atoms with Crippen molar-refractivity contribution in [3.63, 3.8) is 0 Å². The predicted molar refractivity (Wildman–Crippen MR) is 74.2 cm³/mol. The normalized spacial score (nSPS) is 8.41. The molecule has 17 heavy (non-hydrogen) atoms. The Bertz CT molecular complexity index is 342. The number of rotatable bonds is 2. The van der Waals surface area contributed by atoms with E-state index in [9.17, 15) is 4.79 Å². The van der Waals surface area contributed by atoms with Crippen molar-refractivity contribution in [2.45, 2.75) is 20.8 Å². The minimum Gasteiger partial charge on any atom is -0.450 e. The molecule has 0 aliphatic carbocycles. The topological polar surface area (TPSA) is 50.4 Å². The van der Waals surface area contributed by atoms with Gasteiger partial charge in [0, 0.05) is 5.69 Å². The first kappa shape index (κ1) is 15.4. The van der Waals surface area contributed by atoms with Gasteiger partial charge in [0.15, 0.2) is 5.11 Å². The van der Waals surface area contributed by atoms with Crippen LogP contribution in [-0.4, -0.2) is 17.8 Å². The fourth-order valence-electron chi connectivity index (χ4n) is 0.944. The zero-order valence-electron chi connectivity index (χ0n) is 10.3. The SMILES string of the molecule is CC.CCOC(=O)NC(=S)Nc1ccccc1. The zero-order chi connectivity index (χ0) is 13.1. The number of hydrogen-bond donors (Lipinski definition) is 2. The minimum atomic E-state index is -0.550. The molecule has 1 amide bonds. The average Bonchev–Trinajstić information content (AvgIpc) is 2.33. The molecule has 0 radical (unpaired) electrons. The molecule has 0 aliphatic rings. The Hall–Kier alpha value is -1.62. The van der Waals surface area contributed by atoms with Crippen LogP contribution in [0, 0.1) is 0 Å². The van der Waals surface area contributed by atoms with Gasteiger partial charge in [-0.1, -0.05) is 32.0 Å². The number of nitrogens with one attached hydrogen (secondary N) is 2. The highest BCUT2D eigenvalue weighted by atomic mass is 32.1. The Morgan fingerprint density at radius 3 is 2.41 bits per heavy atom. The molecule has 0 fully saturated rings. The molecule has 0 heterocycles. The smallest absolute Gasteiger partial charge is 0.413 e. The van der Waals surface area contributed by atoms with Gasteiger partial charge in [-0.15, -0.1) is 0 Å². The number of alkyl carbamates (subject to hydrolysis) is 1. The maximum atomic E-state index is 11.0. The standard InChI is InChI=1S/C10H12N2O2S.C2H6/c1-2-14-10(13)12-9(15)11-8-6-4-3-5-7-8;1-2/h3-7H,2H2,1H3,(H2,11,12,13,15);1-2H3. The summed E-state index contributed by atoms with van der Waals surface area (Å²) in [6.07, 6.45) is -0.550. The van der Waals surface area contributed by atoms with E-state index in [0.29, 0.717) is 6.61 Å². The van der Waals surface area contributed by atoms with Crippen LogP contribution in [0.2, 0.25) is 0 Å². The molecule has 0 spiro atoms. The van der Waals surface area contributed by atoms with Gasteiger partial charge in [-0.05, 0) is 31.3 Å². The van der Waals surface area contributed by atoms with Gasteiger partial charge in [0.1, 0.15) is 0 Å². The number of para-hydroxylation sites is 1. The second-order valence-corrected chi connectivity index (χ2v) is 3.07. The van der Waals surface area contributed by atoms with E-state index in [0.717, 1.165) is 5.69 Å². The van der Waals surface area contributed by atoms with Crippen LogP contribution in [0.4, 0.5) is 10.5 Å². The van der Waals surface area contributed by atoms with Gasteiger partial charge in [-0.25, -0.2) is 4.79 Å². The third-order valence-corrected chi connectivity index (χ3v) is 1.73. The second-order valence-electron chi connectivity index (χ2n) is 2.67. The lowest BCUT2D eigenvalue weighted by molar-refractivity contribution is 0.158.